The van der Waals surface area contributed by atoms with Gasteiger partial charge in [-0.3, -0.25) is 29.6 Å². The Kier molecular flexibility index (Phi) is 5.85. The minimum absolute atomic E-state index is 0.118. The highest BCUT2D eigenvalue weighted by Gasteiger charge is 2.39. The Bertz CT molecular complexity index is 1080. The molecule has 0 spiro atoms. The van der Waals surface area contributed by atoms with Crippen LogP contribution in [0.5, 0.6) is 5.75 Å². The molecule has 8 heteroatoms. The third-order valence-electron chi connectivity index (χ3n) is 7.03. The van der Waals surface area contributed by atoms with Crippen LogP contribution in [0, 0.1) is 0 Å². The molecule has 1 aromatic carbocycles. The van der Waals surface area contributed by atoms with Crippen molar-refractivity contribution in [2.24, 2.45) is 0 Å². The van der Waals surface area contributed by atoms with E-state index in [4.69, 9.17) is 4.74 Å². The lowest BCUT2D eigenvalue weighted by atomic mass is 9.88. The fraction of sp³-hybridized carbons (Fsp3) is 0.440. The van der Waals surface area contributed by atoms with Gasteiger partial charge in [-0.15, -0.1) is 0 Å². The zero-order chi connectivity index (χ0) is 22.9. The van der Waals surface area contributed by atoms with E-state index >= 15 is 0 Å². The number of aromatic nitrogens is 1. The minimum Gasteiger partial charge on any atom is -0.495 e. The van der Waals surface area contributed by atoms with Gasteiger partial charge in [0.1, 0.15) is 11.8 Å². The molecule has 0 radical (unpaired) electrons. The molecule has 1 unspecified atom stereocenters. The number of methoxy groups -OCH3 is 1. The molecule has 3 aliphatic rings. The first-order valence-corrected chi connectivity index (χ1v) is 11.5. The molecule has 3 aliphatic heterocycles. The summed E-state index contributed by atoms with van der Waals surface area (Å²) < 4.78 is 5.18. The summed E-state index contributed by atoms with van der Waals surface area (Å²) in [6, 6.07) is 9.50. The number of likely N-dealkylation sites (tertiary alicyclic amines) is 1. The van der Waals surface area contributed by atoms with Gasteiger partial charge in [-0.1, -0.05) is 12.1 Å². The normalized spacial score (nSPS) is 21.8. The number of pyridine rings is 1. The van der Waals surface area contributed by atoms with Crippen molar-refractivity contribution in [3.05, 3.63) is 58.9 Å². The number of hydrogen-bond acceptors (Lipinski definition) is 6. The molecule has 0 aliphatic carbocycles. The maximum Gasteiger partial charge on any atom is 0.255 e. The molecule has 8 nitrogen and oxygen atoms in total. The number of carbonyl (C=O) groups excluding carboxylic acids is 3. The predicted molar refractivity (Wildman–Crippen MR) is 121 cm³/mol. The third kappa shape index (κ3) is 4.35. The zero-order valence-electron chi connectivity index (χ0n) is 18.8. The van der Waals surface area contributed by atoms with Crippen molar-refractivity contribution in [1.29, 1.82) is 0 Å². The number of fused-ring (bicyclic) bond motifs is 1. The SMILES string of the molecule is COc1ccc(CN2CCC(c3ccc4c(c3)CN(C3CCC(=O)NC3=O)C4=O)CC2)nc1. The van der Waals surface area contributed by atoms with E-state index in [0.717, 1.165) is 49.5 Å². The molecule has 1 N–H and O–H groups in total. The molecular formula is C25H28N4O4. The number of nitrogens with one attached hydrogen (secondary N) is 1. The summed E-state index contributed by atoms with van der Waals surface area (Å²) >= 11 is 0. The number of carbonyl (C=O) groups is 3. The van der Waals surface area contributed by atoms with Crippen LogP contribution < -0.4 is 10.1 Å². The van der Waals surface area contributed by atoms with Crippen molar-refractivity contribution in [2.45, 2.75) is 50.7 Å². The highest BCUT2D eigenvalue weighted by Crippen LogP contribution is 2.33. The van der Waals surface area contributed by atoms with Gasteiger partial charge in [0.15, 0.2) is 0 Å². The lowest BCUT2D eigenvalue weighted by Crippen LogP contribution is -2.52. The number of piperidine rings is 2. The molecule has 4 heterocycles. The molecule has 1 atom stereocenters. The summed E-state index contributed by atoms with van der Waals surface area (Å²) in [7, 11) is 1.64. The fourth-order valence-corrected chi connectivity index (χ4v) is 5.13. The van der Waals surface area contributed by atoms with Gasteiger partial charge in [0.05, 0.1) is 19.0 Å². The second kappa shape index (κ2) is 8.94. The zero-order valence-corrected chi connectivity index (χ0v) is 18.8. The lowest BCUT2D eigenvalue weighted by molar-refractivity contribution is -0.136. The molecule has 33 heavy (non-hydrogen) atoms. The molecule has 5 rings (SSSR count). The summed E-state index contributed by atoms with van der Waals surface area (Å²) in [5.41, 5.74) is 3.95. The van der Waals surface area contributed by atoms with Crippen LogP contribution in [-0.2, 0) is 22.7 Å². The Morgan fingerprint density at radius 1 is 1.09 bits per heavy atom. The summed E-state index contributed by atoms with van der Waals surface area (Å²) in [6.07, 6.45) is 4.52. The molecule has 172 valence electrons. The van der Waals surface area contributed by atoms with Crippen molar-refractivity contribution < 1.29 is 19.1 Å². The van der Waals surface area contributed by atoms with Gasteiger partial charge in [-0.2, -0.15) is 0 Å². The number of amides is 3. The molecule has 2 fully saturated rings. The summed E-state index contributed by atoms with van der Waals surface area (Å²) in [4.78, 5) is 45.1. The van der Waals surface area contributed by atoms with Crippen LogP contribution in [0.2, 0.25) is 0 Å². The fourth-order valence-electron chi connectivity index (χ4n) is 5.13. The number of rotatable bonds is 5. The topological polar surface area (TPSA) is 91.8 Å². The maximum absolute atomic E-state index is 12.9. The van der Waals surface area contributed by atoms with Gasteiger partial charge in [0, 0.05) is 25.1 Å². The lowest BCUT2D eigenvalue weighted by Gasteiger charge is -2.32. The Labute approximate surface area is 192 Å². The van der Waals surface area contributed by atoms with Crippen LogP contribution in [0.25, 0.3) is 0 Å². The predicted octanol–water partition coefficient (Wildman–Crippen LogP) is 2.23. The highest BCUT2D eigenvalue weighted by atomic mass is 16.5. The first-order chi connectivity index (χ1) is 16.0. The van der Waals surface area contributed by atoms with E-state index in [9.17, 15) is 14.4 Å². The number of imide groups is 1. The van der Waals surface area contributed by atoms with Gasteiger partial charge >= 0.3 is 0 Å². The van der Waals surface area contributed by atoms with Crippen molar-refractivity contribution in [1.82, 2.24) is 20.1 Å². The summed E-state index contributed by atoms with van der Waals surface area (Å²) in [5.74, 6) is 0.467. The number of benzene rings is 1. The van der Waals surface area contributed by atoms with E-state index in [2.05, 4.69) is 27.3 Å². The Morgan fingerprint density at radius 2 is 1.91 bits per heavy atom. The number of hydrogen-bond donors (Lipinski definition) is 1. The molecule has 3 amide bonds. The standard InChI is InChI=1S/C25H28N4O4/c1-33-20-4-3-19(26-13-20)15-28-10-8-16(9-11-28)17-2-5-21-18(12-17)14-29(25(21)32)22-6-7-23(30)27-24(22)31/h2-5,12-13,16,22H,6-11,14-15H2,1H3,(H,27,30,31). The van der Waals surface area contributed by atoms with E-state index in [1.165, 1.54) is 5.56 Å². The van der Waals surface area contributed by atoms with Gasteiger partial charge in [0.2, 0.25) is 11.8 Å². The van der Waals surface area contributed by atoms with Gasteiger partial charge in [-0.05, 0) is 67.6 Å². The third-order valence-corrected chi connectivity index (χ3v) is 7.03. The monoisotopic (exact) mass is 448 g/mol. The van der Waals surface area contributed by atoms with E-state index in [1.54, 1.807) is 18.2 Å². The Hall–Kier alpha value is -3.26. The average Bonchev–Trinajstić information content (AvgIpc) is 3.15. The molecule has 2 aromatic rings. The molecular weight excluding hydrogens is 420 g/mol. The minimum atomic E-state index is -0.569. The summed E-state index contributed by atoms with van der Waals surface area (Å²) in [5, 5.41) is 2.36. The van der Waals surface area contributed by atoms with Crippen LogP contribution in [0.1, 0.15) is 58.8 Å². The molecule has 0 saturated carbocycles. The second-order valence-electron chi connectivity index (χ2n) is 9.06. The van der Waals surface area contributed by atoms with Crippen LogP contribution in [0.4, 0.5) is 0 Å². The van der Waals surface area contributed by atoms with Crippen LogP contribution in [0.3, 0.4) is 0 Å². The number of ether oxygens (including phenoxy) is 1. The van der Waals surface area contributed by atoms with Crippen LogP contribution in [-0.4, -0.2) is 58.7 Å². The molecule has 1 aromatic heterocycles. The highest BCUT2D eigenvalue weighted by molar-refractivity contribution is 6.05. The van der Waals surface area contributed by atoms with Crippen molar-refractivity contribution in [3.8, 4) is 5.75 Å². The maximum atomic E-state index is 12.9. The van der Waals surface area contributed by atoms with E-state index in [1.807, 2.05) is 18.2 Å². The largest absolute Gasteiger partial charge is 0.495 e. The Morgan fingerprint density at radius 3 is 2.61 bits per heavy atom. The van der Waals surface area contributed by atoms with Gasteiger partial charge in [0.25, 0.3) is 5.91 Å². The van der Waals surface area contributed by atoms with Gasteiger partial charge < -0.3 is 9.64 Å². The van der Waals surface area contributed by atoms with E-state index < -0.39 is 6.04 Å². The average molecular weight is 449 g/mol. The van der Waals surface area contributed by atoms with Gasteiger partial charge in [-0.25, -0.2) is 0 Å². The van der Waals surface area contributed by atoms with Crippen molar-refractivity contribution in [3.63, 3.8) is 0 Å². The first-order valence-electron chi connectivity index (χ1n) is 11.5. The molecule has 0 bridgehead atoms. The summed E-state index contributed by atoms with van der Waals surface area (Å²) in [6.45, 7) is 3.25. The smallest absolute Gasteiger partial charge is 0.255 e. The molecule has 2 saturated heterocycles. The van der Waals surface area contributed by atoms with Crippen molar-refractivity contribution >= 4 is 17.7 Å². The quantitative estimate of drug-likeness (QED) is 0.706. The second-order valence-corrected chi connectivity index (χ2v) is 9.06. The Balaban J connectivity index is 1.21. The van der Waals surface area contributed by atoms with Crippen molar-refractivity contribution in [2.75, 3.05) is 20.2 Å². The number of nitrogens with zero attached hydrogens (tertiary/aromatic N) is 3. The van der Waals surface area contributed by atoms with E-state index in [-0.39, 0.29) is 24.1 Å². The van der Waals surface area contributed by atoms with Crippen LogP contribution in [0.15, 0.2) is 36.5 Å². The van der Waals surface area contributed by atoms with Crippen LogP contribution >= 0.6 is 0 Å². The first kappa shape index (κ1) is 21.6. The van der Waals surface area contributed by atoms with E-state index in [0.29, 0.717) is 24.4 Å².